The molecule has 0 spiro atoms. The highest BCUT2D eigenvalue weighted by atomic mass is 32.2. The van der Waals surface area contributed by atoms with Crippen LogP contribution in [0.1, 0.15) is 22.3 Å². The van der Waals surface area contributed by atoms with E-state index in [1.807, 2.05) is 0 Å². The molecule has 4 N–H and O–H groups in total. The lowest BCUT2D eigenvalue weighted by atomic mass is 10.1. The maximum atomic E-state index is 12.7. The van der Waals surface area contributed by atoms with Crippen LogP contribution in [0, 0.1) is 6.92 Å². The van der Waals surface area contributed by atoms with Crippen LogP contribution in [0.2, 0.25) is 0 Å². The van der Waals surface area contributed by atoms with Crippen LogP contribution in [0.25, 0.3) is 0 Å². The molecule has 7 nitrogen and oxygen atoms in total. The first-order chi connectivity index (χ1) is 12.4. The quantitative estimate of drug-likeness (QED) is 0.609. The van der Waals surface area contributed by atoms with E-state index in [9.17, 15) is 13.2 Å². The SMILES string of the molecule is COc1ccc(NS(=O)(=O)c2cc(C(=O)NCCCN)ccc2C)cc1. The van der Waals surface area contributed by atoms with Crippen LogP contribution in [0.3, 0.4) is 0 Å². The van der Waals surface area contributed by atoms with Crippen LogP contribution in [-0.4, -0.2) is 34.5 Å². The van der Waals surface area contributed by atoms with E-state index in [-0.39, 0.29) is 16.4 Å². The van der Waals surface area contributed by atoms with E-state index in [1.165, 1.54) is 13.2 Å². The first-order valence-corrected chi connectivity index (χ1v) is 9.61. The molecule has 140 valence electrons. The van der Waals surface area contributed by atoms with E-state index in [0.29, 0.717) is 36.5 Å². The highest BCUT2D eigenvalue weighted by Gasteiger charge is 2.19. The van der Waals surface area contributed by atoms with E-state index in [4.69, 9.17) is 10.5 Å². The lowest BCUT2D eigenvalue weighted by Gasteiger charge is -2.12. The molecule has 0 aliphatic heterocycles. The molecule has 0 bridgehead atoms. The maximum Gasteiger partial charge on any atom is 0.262 e. The Morgan fingerprint density at radius 3 is 2.46 bits per heavy atom. The van der Waals surface area contributed by atoms with Gasteiger partial charge in [0, 0.05) is 17.8 Å². The van der Waals surface area contributed by atoms with Crippen LogP contribution in [0.15, 0.2) is 47.4 Å². The zero-order chi connectivity index (χ0) is 19.2. The number of carbonyl (C=O) groups excluding carboxylic acids is 1. The second kappa shape index (κ2) is 8.68. The number of rotatable bonds is 8. The number of benzene rings is 2. The summed E-state index contributed by atoms with van der Waals surface area (Å²) >= 11 is 0. The van der Waals surface area contributed by atoms with Crippen LogP contribution >= 0.6 is 0 Å². The van der Waals surface area contributed by atoms with Crippen LogP contribution in [0.4, 0.5) is 5.69 Å². The number of anilines is 1. The summed E-state index contributed by atoms with van der Waals surface area (Å²) in [7, 11) is -2.30. The minimum atomic E-state index is -3.84. The van der Waals surface area contributed by atoms with Crippen molar-refractivity contribution in [2.75, 3.05) is 24.9 Å². The predicted molar refractivity (Wildman–Crippen MR) is 101 cm³/mol. The lowest BCUT2D eigenvalue weighted by Crippen LogP contribution is -2.26. The molecule has 2 aromatic carbocycles. The molecular formula is C18H23N3O4S. The Balaban J connectivity index is 2.24. The predicted octanol–water partition coefficient (Wildman–Crippen LogP) is 1.88. The smallest absolute Gasteiger partial charge is 0.262 e. The van der Waals surface area contributed by atoms with Gasteiger partial charge in [0.2, 0.25) is 0 Å². The third kappa shape index (κ3) is 4.96. The zero-order valence-corrected chi connectivity index (χ0v) is 15.6. The van der Waals surface area contributed by atoms with Gasteiger partial charge in [0.05, 0.1) is 12.0 Å². The van der Waals surface area contributed by atoms with Gasteiger partial charge < -0.3 is 15.8 Å². The number of nitrogens with one attached hydrogen (secondary N) is 2. The summed E-state index contributed by atoms with van der Waals surface area (Å²) in [5, 5.41) is 2.71. The van der Waals surface area contributed by atoms with Crippen molar-refractivity contribution in [3.8, 4) is 5.75 Å². The molecule has 0 aliphatic carbocycles. The normalized spacial score (nSPS) is 11.0. The van der Waals surface area contributed by atoms with Crippen LogP contribution < -0.4 is 20.5 Å². The summed E-state index contributed by atoms with van der Waals surface area (Å²) in [5.74, 6) is 0.291. The molecular weight excluding hydrogens is 354 g/mol. The molecule has 0 aliphatic rings. The standard InChI is InChI=1S/C18H23N3O4S/c1-13-4-5-14(18(22)20-11-3-10-19)12-17(13)26(23,24)21-15-6-8-16(25-2)9-7-15/h4-9,12,21H,3,10-11,19H2,1-2H3,(H,20,22). The van der Waals surface area contributed by atoms with Crippen LogP contribution in [0.5, 0.6) is 5.75 Å². The van der Waals surface area contributed by atoms with Crippen molar-refractivity contribution in [1.29, 1.82) is 0 Å². The average molecular weight is 377 g/mol. The number of carbonyl (C=O) groups is 1. The summed E-state index contributed by atoms with van der Waals surface area (Å²) in [6.07, 6.45) is 0.655. The fraction of sp³-hybridized carbons (Fsp3) is 0.278. The summed E-state index contributed by atoms with van der Waals surface area (Å²) in [6, 6.07) is 11.1. The largest absolute Gasteiger partial charge is 0.497 e. The van der Waals surface area contributed by atoms with Crippen molar-refractivity contribution >= 4 is 21.6 Å². The van der Waals surface area contributed by atoms with Gasteiger partial charge in [-0.05, 0) is 61.9 Å². The molecule has 1 amide bonds. The molecule has 0 radical (unpaired) electrons. The number of amides is 1. The number of ether oxygens (including phenoxy) is 1. The van der Waals surface area contributed by atoms with E-state index >= 15 is 0 Å². The Morgan fingerprint density at radius 1 is 1.15 bits per heavy atom. The number of nitrogens with two attached hydrogens (primary N) is 1. The monoisotopic (exact) mass is 377 g/mol. The van der Waals surface area contributed by atoms with Gasteiger partial charge in [0.1, 0.15) is 5.75 Å². The Bertz CT molecular complexity index is 865. The summed E-state index contributed by atoms with van der Waals surface area (Å²) in [5.41, 5.74) is 6.63. The number of hydrogen-bond donors (Lipinski definition) is 3. The fourth-order valence-corrected chi connectivity index (χ4v) is 3.64. The van der Waals surface area contributed by atoms with Crippen molar-refractivity contribution in [2.24, 2.45) is 5.73 Å². The summed E-state index contributed by atoms with van der Waals surface area (Å²) in [4.78, 5) is 12.2. The van der Waals surface area contributed by atoms with Gasteiger partial charge in [-0.25, -0.2) is 8.42 Å². The third-order valence-corrected chi connectivity index (χ3v) is 5.27. The number of sulfonamides is 1. The number of hydrogen-bond acceptors (Lipinski definition) is 5. The highest BCUT2D eigenvalue weighted by Crippen LogP contribution is 2.22. The first-order valence-electron chi connectivity index (χ1n) is 8.13. The molecule has 0 unspecified atom stereocenters. The molecule has 0 atom stereocenters. The second-order valence-electron chi connectivity index (χ2n) is 5.71. The average Bonchev–Trinajstić information content (AvgIpc) is 2.62. The molecule has 0 saturated carbocycles. The topological polar surface area (TPSA) is 111 Å². The second-order valence-corrected chi connectivity index (χ2v) is 7.36. The minimum Gasteiger partial charge on any atom is -0.497 e. The first kappa shape index (κ1) is 19.7. The zero-order valence-electron chi connectivity index (χ0n) is 14.8. The van der Waals surface area contributed by atoms with Crippen LogP contribution in [-0.2, 0) is 10.0 Å². The Hall–Kier alpha value is -2.58. The third-order valence-electron chi connectivity index (χ3n) is 3.75. The van der Waals surface area contributed by atoms with Gasteiger partial charge in [-0.1, -0.05) is 6.07 Å². The van der Waals surface area contributed by atoms with E-state index in [0.717, 1.165) is 0 Å². The van der Waals surface area contributed by atoms with Crippen molar-refractivity contribution in [3.05, 3.63) is 53.6 Å². The van der Waals surface area contributed by atoms with Crippen molar-refractivity contribution in [1.82, 2.24) is 5.32 Å². The van der Waals surface area contributed by atoms with Gasteiger partial charge >= 0.3 is 0 Å². The lowest BCUT2D eigenvalue weighted by molar-refractivity contribution is 0.0953. The fourth-order valence-electron chi connectivity index (χ4n) is 2.31. The summed E-state index contributed by atoms with van der Waals surface area (Å²) in [6.45, 7) is 2.59. The molecule has 0 aromatic heterocycles. The Morgan fingerprint density at radius 2 is 1.85 bits per heavy atom. The van der Waals surface area contributed by atoms with E-state index in [1.54, 1.807) is 43.3 Å². The number of aryl methyl sites for hydroxylation is 1. The van der Waals surface area contributed by atoms with E-state index in [2.05, 4.69) is 10.0 Å². The Labute approximate surface area is 153 Å². The van der Waals surface area contributed by atoms with Gasteiger partial charge in [-0.3, -0.25) is 9.52 Å². The van der Waals surface area contributed by atoms with Crippen molar-refractivity contribution in [2.45, 2.75) is 18.2 Å². The molecule has 0 fully saturated rings. The molecule has 2 aromatic rings. The molecule has 0 saturated heterocycles. The number of methoxy groups -OCH3 is 1. The van der Waals surface area contributed by atoms with E-state index < -0.39 is 10.0 Å². The molecule has 0 heterocycles. The Kier molecular flexibility index (Phi) is 6.59. The van der Waals surface area contributed by atoms with Gasteiger partial charge in [0.25, 0.3) is 15.9 Å². The van der Waals surface area contributed by atoms with Gasteiger partial charge in [-0.2, -0.15) is 0 Å². The molecule has 2 rings (SSSR count). The maximum absolute atomic E-state index is 12.7. The van der Waals surface area contributed by atoms with Crippen molar-refractivity contribution < 1.29 is 17.9 Å². The highest BCUT2D eigenvalue weighted by molar-refractivity contribution is 7.92. The molecule has 8 heteroatoms. The van der Waals surface area contributed by atoms with Crippen molar-refractivity contribution in [3.63, 3.8) is 0 Å². The van der Waals surface area contributed by atoms with Gasteiger partial charge in [-0.15, -0.1) is 0 Å². The van der Waals surface area contributed by atoms with Gasteiger partial charge in [0.15, 0.2) is 0 Å². The molecule has 26 heavy (non-hydrogen) atoms. The summed E-state index contributed by atoms with van der Waals surface area (Å²) < 4.78 is 33.0. The minimum absolute atomic E-state index is 0.0554.